The summed E-state index contributed by atoms with van der Waals surface area (Å²) >= 11 is 0. The minimum Gasteiger partial charge on any atom is -0.480 e. The molecule has 1 fully saturated rings. The van der Waals surface area contributed by atoms with Crippen molar-refractivity contribution in [3.8, 4) is 0 Å². The first-order chi connectivity index (χ1) is 10.7. The third kappa shape index (κ3) is 2.99. The normalized spacial score (nSPS) is 18.7. The molecule has 0 spiro atoms. The first-order valence-corrected chi connectivity index (χ1v) is 7.81. The molecule has 1 saturated heterocycles. The van der Waals surface area contributed by atoms with Crippen molar-refractivity contribution in [3.63, 3.8) is 0 Å². The molecule has 2 aliphatic heterocycles. The fourth-order valence-electron chi connectivity index (χ4n) is 3.24. The van der Waals surface area contributed by atoms with Gasteiger partial charge in [0.05, 0.1) is 6.20 Å². The molecular formula is C15H21N3O4. The predicted octanol–water partition coefficient (Wildman–Crippen LogP) is 0.925. The number of rotatable bonds is 4. The molecule has 1 N–H and O–H groups in total. The number of carboxylic acid groups (broad SMARTS) is 1. The molecule has 0 atom stereocenters. The molecule has 3 rings (SSSR count). The number of nitrogens with zero attached hydrogens (tertiary/aromatic N) is 3. The van der Waals surface area contributed by atoms with E-state index >= 15 is 0 Å². The smallest absolute Gasteiger partial charge is 0.323 e. The number of carbonyl (C=O) groups is 2. The molecule has 0 bridgehead atoms. The summed E-state index contributed by atoms with van der Waals surface area (Å²) in [5, 5.41) is 9.15. The molecule has 3 heterocycles. The van der Waals surface area contributed by atoms with Crippen LogP contribution in [0, 0.1) is 0 Å². The van der Waals surface area contributed by atoms with Gasteiger partial charge in [-0.1, -0.05) is 0 Å². The van der Waals surface area contributed by atoms with E-state index in [1.165, 1.54) is 4.90 Å². The van der Waals surface area contributed by atoms with Crippen molar-refractivity contribution in [1.82, 2.24) is 14.5 Å². The second-order valence-corrected chi connectivity index (χ2v) is 5.84. The van der Waals surface area contributed by atoms with Crippen LogP contribution in [0.15, 0.2) is 6.20 Å². The van der Waals surface area contributed by atoms with E-state index in [1.54, 1.807) is 6.20 Å². The van der Waals surface area contributed by atoms with Crippen LogP contribution in [0.5, 0.6) is 0 Å². The van der Waals surface area contributed by atoms with Gasteiger partial charge in [-0.25, -0.2) is 4.98 Å². The van der Waals surface area contributed by atoms with E-state index in [9.17, 15) is 9.59 Å². The van der Waals surface area contributed by atoms with Crippen molar-refractivity contribution in [1.29, 1.82) is 0 Å². The zero-order valence-electron chi connectivity index (χ0n) is 12.5. The van der Waals surface area contributed by atoms with Crippen molar-refractivity contribution >= 4 is 11.9 Å². The highest BCUT2D eigenvalue weighted by atomic mass is 16.5. The number of carbonyl (C=O) groups excluding carboxylic acids is 1. The summed E-state index contributed by atoms with van der Waals surface area (Å²) in [5.41, 5.74) is 0.516. The maximum Gasteiger partial charge on any atom is 0.323 e. The summed E-state index contributed by atoms with van der Waals surface area (Å²) in [6, 6.07) is -0.0768. The number of imidazole rings is 1. The molecule has 0 aromatic carbocycles. The number of aromatic nitrogens is 2. The number of amides is 1. The second-order valence-electron chi connectivity index (χ2n) is 5.84. The zero-order valence-corrected chi connectivity index (χ0v) is 12.5. The van der Waals surface area contributed by atoms with Crippen LogP contribution >= 0.6 is 0 Å². The Kier molecular flexibility index (Phi) is 4.42. The van der Waals surface area contributed by atoms with Crippen LogP contribution in [0.1, 0.15) is 42.0 Å². The van der Waals surface area contributed by atoms with Crippen LogP contribution in [0.25, 0.3) is 0 Å². The van der Waals surface area contributed by atoms with Gasteiger partial charge in [-0.2, -0.15) is 0 Å². The van der Waals surface area contributed by atoms with E-state index in [2.05, 4.69) is 4.98 Å². The van der Waals surface area contributed by atoms with E-state index in [0.717, 1.165) is 31.6 Å². The average molecular weight is 307 g/mol. The lowest BCUT2D eigenvalue weighted by molar-refractivity contribution is -0.138. The Bertz CT molecular complexity index is 563. The van der Waals surface area contributed by atoms with Crippen LogP contribution < -0.4 is 0 Å². The molecule has 0 radical (unpaired) electrons. The van der Waals surface area contributed by atoms with Gasteiger partial charge in [-0.15, -0.1) is 0 Å². The summed E-state index contributed by atoms with van der Waals surface area (Å²) in [7, 11) is 0. The second kappa shape index (κ2) is 6.48. The van der Waals surface area contributed by atoms with Crippen LogP contribution in [0.2, 0.25) is 0 Å². The number of hydrogen-bond donors (Lipinski definition) is 1. The molecule has 120 valence electrons. The van der Waals surface area contributed by atoms with Crippen LogP contribution in [0.4, 0.5) is 0 Å². The highest BCUT2D eigenvalue weighted by Crippen LogP contribution is 2.21. The van der Waals surface area contributed by atoms with Gasteiger partial charge in [0.2, 0.25) is 0 Å². The van der Waals surface area contributed by atoms with E-state index in [4.69, 9.17) is 9.84 Å². The number of ether oxygens (including phenoxy) is 1. The summed E-state index contributed by atoms with van der Waals surface area (Å²) in [6.45, 7) is 1.65. The summed E-state index contributed by atoms with van der Waals surface area (Å²) < 4.78 is 7.26. The molecule has 1 aromatic heterocycles. The maximum atomic E-state index is 12.9. The standard InChI is InChI=1S/C15H21N3O4/c19-14(20)10-18(11-4-7-22-8-5-11)15(21)12-9-16-13-3-1-2-6-17(12)13/h9,11H,1-8,10H2,(H,19,20). The first-order valence-electron chi connectivity index (χ1n) is 7.81. The molecule has 0 saturated carbocycles. The molecule has 0 unspecified atom stereocenters. The topological polar surface area (TPSA) is 84.7 Å². The van der Waals surface area contributed by atoms with Crippen molar-refractivity contribution in [2.75, 3.05) is 19.8 Å². The fraction of sp³-hybridized carbons (Fsp3) is 0.667. The highest BCUT2D eigenvalue weighted by Gasteiger charge is 2.31. The number of hydrogen-bond acceptors (Lipinski definition) is 4. The zero-order chi connectivity index (χ0) is 15.5. The molecule has 1 aromatic rings. The Hall–Kier alpha value is -1.89. The lowest BCUT2D eigenvalue weighted by Gasteiger charge is -2.33. The van der Waals surface area contributed by atoms with Crippen LogP contribution in [-0.4, -0.2) is 57.2 Å². The van der Waals surface area contributed by atoms with Crippen molar-refractivity contribution < 1.29 is 19.4 Å². The van der Waals surface area contributed by atoms with Gasteiger partial charge in [-0.3, -0.25) is 9.59 Å². The Morgan fingerprint density at radius 2 is 2.14 bits per heavy atom. The van der Waals surface area contributed by atoms with E-state index in [1.807, 2.05) is 4.57 Å². The van der Waals surface area contributed by atoms with Crippen molar-refractivity contribution in [2.45, 2.75) is 44.7 Å². The summed E-state index contributed by atoms with van der Waals surface area (Å²) in [5.74, 6) is -0.287. The maximum absolute atomic E-state index is 12.9. The fourth-order valence-corrected chi connectivity index (χ4v) is 3.24. The Balaban J connectivity index is 1.84. The Morgan fingerprint density at radius 1 is 1.36 bits per heavy atom. The average Bonchev–Trinajstić information content (AvgIpc) is 2.97. The molecule has 7 nitrogen and oxygen atoms in total. The van der Waals surface area contributed by atoms with Gasteiger partial charge >= 0.3 is 5.97 Å². The van der Waals surface area contributed by atoms with Gasteiger partial charge < -0.3 is 19.3 Å². The molecule has 0 aliphatic carbocycles. The van der Waals surface area contributed by atoms with Gasteiger partial charge in [0.25, 0.3) is 5.91 Å². The van der Waals surface area contributed by atoms with Crippen molar-refractivity contribution in [2.24, 2.45) is 0 Å². The molecule has 7 heteroatoms. The highest BCUT2D eigenvalue weighted by molar-refractivity contribution is 5.94. The Labute approximate surface area is 128 Å². The third-order valence-electron chi connectivity index (χ3n) is 4.39. The number of aliphatic carboxylic acids is 1. The first kappa shape index (κ1) is 15.0. The largest absolute Gasteiger partial charge is 0.480 e. The molecule has 2 aliphatic rings. The van der Waals surface area contributed by atoms with E-state index in [-0.39, 0.29) is 18.5 Å². The third-order valence-corrected chi connectivity index (χ3v) is 4.39. The monoisotopic (exact) mass is 307 g/mol. The minimum absolute atomic E-state index is 0.0768. The van der Waals surface area contributed by atoms with Gasteiger partial charge in [-0.05, 0) is 25.7 Å². The summed E-state index contributed by atoms with van der Waals surface area (Å²) in [6.07, 6.45) is 5.95. The number of fused-ring (bicyclic) bond motifs is 1. The quantitative estimate of drug-likeness (QED) is 0.894. The Morgan fingerprint density at radius 3 is 2.86 bits per heavy atom. The molecule has 22 heavy (non-hydrogen) atoms. The number of aryl methyl sites for hydroxylation is 1. The van der Waals surface area contributed by atoms with Crippen LogP contribution in [-0.2, 0) is 22.5 Å². The van der Waals surface area contributed by atoms with E-state index in [0.29, 0.717) is 31.7 Å². The molecular weight excluding hydrogens is 286 g/mol. The minimum atomic E-state index is -0.988. The van der Waals surface area contributed by atoms with E-state index < -0.39 is 5.97 Å². The van der Waals surface area contributed by atoms with Crippen LogP contribution in [0.3, 0.4) is 0 Å². The summed E-state index contributed by atoms with van der Waals surface area (Å²) in [4.78, 5) is 29.8. The van der Waals surface area contributed by atoms with Gasteiger partial charge in [0, 0.05) is 32.2 Å². The predicted molar refractivity (Wildman–Crippen MR) is 77.7 cm³/mol. The lowest BCUT2D eigenvalue weighted by Crippen LogP contribution is -2.46. The SMILES string of the molecule is O=C(O)CN(C(=O)c1cnc2n1CCCC2)C1CCOCC1. The lowest BCUT2D eigenvalue weighted by atomic mass is 10.1. The van der Waals surface area contributed by atoms with Crippen molar-refractivity contribution in [3.05, 3.63) is 17.7 Å². The van der Waals surface area contributed by atoms with Gasteiger partial charge in [0.15, 0.2) is 0 Å². The van der Waals surface area contributed by atoms with Gasteiger partial charge in [0.1, 0.15) is 18.1 Å². The molecule has 1 amide bonds. The number of carboxylic acids is 1.